The molecule has 2 nitrogen and oxygen atoms in total. The maximum absolute atomic E-state index is 6.07. The Labute approximate surface area is 137 Å². The van der Waals surface area contributed by atoms with Crippen LogP contribution in [0.2, 0.25) is 0 Å². The molecule has 3 unspecified atom stereocenters. The lowest BCUT2D eigenvalue weighted by atomic mass is 9.82. The molecule has 2 N–H and O–H groups in total. The van der Waals surface area contributed by atoms with Gasteiger partial charge in [-0.2, -0.15) is 0 Å². The number of benzene rings is 1. The number of aryl methyl sites for hydroxylation is 1. The summed E-state index contributed by atoms with van der Waals surface area (Å²) in [6.07, 6.45) is 7.88. The van der Waals surface area contributed by atoms with E-state index in [4.69, 9.17) is 5.73 Å². The van der Waals surface area contributed by atoms with Crippen LogP contribution >= 0.6 is 15.9 Å². The predicted octanol–water partition coefficient (Wildman–Crippen LogP) is 4.28. The van der Waals surface area contributed by atoms with E-state index in [9.17, 15) is 0 Å². The molecule has 1 aromatic rings. The summed E-state index contributed by atoms with van der Waals surface area (Å²) in [5.74, 6) is 0.693. The molecule has 3 rings (SSSR count). The molecule has 0 aromatic heterocycles. The van der Waals surface area contributed by atoms with Crippen molar-refractivity contribution in [1.29, 1.82) is 0 Å². The fourth-order valence-corrected chi connectivity index (χ4v) is 4.90. The molecule has 0 saturated heterocycles. The van der Waals surface area contributed by atoms with Gasteiger partial charge in [-0.15, -0.1) is 0 Å². The van der Waals surface area contributed by atoms with Crippen LogP contribution in [0.1, 0.15) is 56.2 Å². The van der Waals surface area contributed by atoms with Gasteiger partial charge >= 0.3 is 0 Å². The summed E-state index contributed by atoms with van der Waals surface area (Å²) < 4.78 is 1.21. The van der Waals surface area contributed by atoms with Crippen molar-refractivity contribution >= 4 is 15.9 Å². The molecule has 0 amide bonds. The van der Waals surface area contributed by atoms with Gasteiger partial charge in [-0.05, 0) is 68.0 Å². The van der Waals surface area contributed by atoms with Crippen LogP contribution in [0.5, 0.6) is 0 Å². The summed E-state index contributed by atoms with van der Waals surface area (Å²) in [5, 5.41) is 0. The first kappa shape index (κ1) is 15.5. The topological polar surface area (TPSA) is 29.3 Å². The quantitative estimate of drug-likeness (QED) is 0.878. The second-order valence-corrected chi connectivity index (χ2v) is 7.49. The predicted molar refractivity (Wildman–Crippen MR) is 92.4 cm³/mol. The normalized spacial score (nSPS) is 28.9. The Morgan fingerprint density at radius 1 is 1.24 bits per heavy atom. The first-order valence-electron chi connectivity index (χ1n) is 8.48. The second kappa shape index (κ2) is 6.80. The summed E-state index contributed by atoms with van der Waals surface area (Å²) in [4.78, 5) is 2.76. The molecule has 2 aliphatic rings. The highest BCUT2D eigenvalue weighted by Gasteiger charge is 2.35. The Bertz CT molecular complexity index is 488. The molecule has 1 aromatic carbocycles. The van der Waals surface area contributed by atoms with Gasteiger partial charge in [0.2, 0.25) is 0 Å². The lowest BCUT2D eigenvalue weighted by Gasteiger charge is -2.42. The average Bonchev–Trinajstić information content (AvgIpc) is 2.91. The van der Waals surface area contributed by atoms with Gasteiger partial charge in [0.05, 0.1) is 0 Å². The third-order valence-corrected chi connectivity index (χ3v) is 6.01. The minimum absolute atomic E-state index is 0.607. The first-order valence-corrected chi connectivity index (χ1v) is 9.28. The highest BCUT2D eigenvalue weighted by Crippen LogP contribution is 2.41. The van der Waals surface area contributed by atoms with E-state index in [1.54, 1.807) is 5.56 Å². The molecule has 116 valence electrons. The summed E-state index contributed by atoms with van der Waals surface area (Å²) in [7, 11) is 0. The SMILES string of the molecule is CCN(C1CCc2cc(Br)ccc21)C1CCCCC1CN. The zero-order chi connectivity index (χ0) is 14.8. The zero-order valence-corrected chi connectivity index (χ0v) is 14.6. The molecule has 0 bridgehead atoms. The van der Waals surface area contributed by atoms with Gasteiger partial charge in [-0.25, -0.2) is 0 Å². The first-order chi connectivity index (χ1) is 10.2. The Hall–Kier alpha value is -0.380. The van der Waals surface area contributed by atoms with E-state index in [1.807, 2.05) is 0 Å². The van der Waals surface area contributed by atoms with E-state index in [1.165, 1.54) is 48.6 Å². The maximum atomic E-state index is 6.07. The fourth-order valence-electron chi connectivity index (χ4n) is 4.49. The summed E-state index contributed by atoms with van der Waals surface area (Å²) >= 11 is 3.61. The largest absolute Gasteiger partial charge is 0.330 e. The van der Waals surface area contributed by atoms with E-state index in [2.05, 4.69) is 46.0 Å². The van der Waals surface area contributed by atoms with Crippen LogP contribution in [0.25, 0.3) is 0 Å². The summed E-state index contributed by atoms with van der Waals surface area (Å²) in [6.45, 7) is 4.31. The molecule has 0 aliphatic heterocycles. The molecule has 0 spiro atoms. The van der Waals surface area contributed by atoms with E-state index in [-0.39, 0.29) is 0 Å². The van der Waals surface area contributed by atoms with Crippen molar-refractivity contribution < 1.29 is 0 Å². The van der Waals surface area contributed by atoms with E-state index >= 15 is 0 Å². The van der Waals surface area contributed by atoms with Crippen molar-refractivity contribution in [1.82, 2.24) is 4.90 Å². The molecule has 0 radical (unpaired) electrons. The van der Waals surface area contributed by atoms with E-state index < -0.39 is 0 Å². The molecule has 1 saturated carbocycles. The fraction of sp³-hybridized carbons (Fsp3) is 0.667. The Morgan fingerprint density at radius 3 is 2.81 bits per heavy atom. The van der Waals surface area contributed by atoms with Crippen LogP contribution in [0, 0.1) is 5.92 Å². The Balaban J connectivity index is 1.84. The Morgan fingerprint density at radius 2 is 2.05 bits per heavy atom. The maximum Gasteiger partial charge on any atom is 0.0356 e. The number of hydrogen-bond acceptors (Lipinski definition) is 2. The third kappa shape index (κ3) is 3.06. The third-order valence-electron chi connectivity index (χ3n) is 5.51. The average molecular weight is 351 g/mol. The summed E-state index contributed by atoms with van der Waals surface area (Å²) in [5.41, 5.74) is 9.16. The van der Waals surface area contributed by atoms with Gasteiger partial charge in [0, 0.05) is 16.6 Å². The van der Waals surface area contributed by atoms with Crippen LogP contribution < -0.4 is 5.73 Å². The van der Waals surface area contributed by atoms with Crippen LogP contribution in [-0.4, -0.2) is 24.0 Å². The lowest BCUT2D eigenvalue weighted by molar-refractivity contribution is 0.0702. The molecule has 2 aliphatic carbocycles. The van der Waals surface area contributed by atoms with Gasteiger partial charge in [0.1, 0.15) is 0 Å². The summed E-state index contributed by atoms with van der Waals surface area (Å²) in [6, 6.07) is 8.14. The molecular weight excluding hydrogens is 324 g/mol. The number of fused-ring (bicyclic) bond motifs is 1. The molecule has 3 atom stereocenters. The van der Waals surface area contributed by atoms with Gasteiger partial charge in [0.15, 0.2) is 0 Å². The monoisotopic (exact) mass is 350 g/mol. The smallest absolute Gasteiger partial charge is 0.0356 e. The van der Waals surface area contributed by atoms with E-state index in [0.717, 1.165) is 13.1 Å². The number of rotatable bonds is 4. The number of halogens is 1. The highest BCUT2D eigenvalue weighted by atomic mass is 79.9. The van der Waals surface area contributed by atoms with Crippen LogP contribution in [-0.2, 0) is 6.42 Å². The van der Waals surface area contributed by atoms with Crippen LogP contribution in [0.3, 0.4) is 0 Å². The second-order valence-electron chi connectivity index (χ2n) is 6.58. The molecule has 21 heavy (non-hydrogen) atoms. The number of nitrogens with two attached hydrogens (primary N) is 1. The van der Waals surface area contributed by atoms with Crippen molar-refractivity contribution in [3.63, 3.8) is 0 Å². The van der Waals surface area contributed by atoms with Crippen molar-refractivity contribution in [2.45, 2.75) is 57.5 Å². The highest BCUT2D eigenvalue weighted by molar-refractivity contribution is 9.10. The zero-order valence-electron chi connectivity index (χ0n) is 13.0. The van der Waals surface area contributed by atoms with Gasteiger partial charge in [0.25, 0.3) is 0 Å². The molecule has 0 heterocycles. The van der Waals surface area contributed by atoms with Gasteiger partial charge < -0.3 is 5.73 Å². The number of nitrogens with zero attached hydrogens (tertiary/aromatic N) is 1. The molecule has 1 fully saturated rings. The van der Waals surface area contributed by atoms with Gasteiger partial charge in [-0.1, -0.05) is 41.8 Å². The lowest BCUT2D eigenvalue weighted by Crippen LogP contribution is -2.46. The van der Waals surface area contributed by atoms with Crippen molar-refractivity contribution in [2.75, 3.05) is 13.1 Å². The minimum Gasteiger partial charge on any atom is -0.330 e. The van der Waals surface area contributed by atoms with Crippen molar-refractivity contribution in [2.24, 2.45) is 11.7 Å². The van der Waals surface area contributed by atoms with Gasteiger partial charge in [-0.3, -0.25) is 4.90 Å². The van der Waals surface area contributed by atoms with Crippen molar-refractivity contribution in [3.8, 4) is 0 Å². The standard InChI is InChI=1S/C18H27BrN2/c1-2-21(17-6-4-3-5-14(17)12-20)18-10-7-13-11-15(19)8-9-16(13)18/h8-9,11,14,17-18H,2-7,10,12,20H2,1H3. The van der Waals surface area contributed by atoms with Crippen LogP contribution in [0.4, 0.5) is 0 Å². The number of hydrogen-bond donors (Lipinski definition) is 1. The minimum atomic E-state index is 0.607. The van der Waals surface area contributed by atoms with Crippen molar-refractivity contribution in [3.05, 3.63) is 33.8 Å². The molecular formula is C18H27BrN2. The van der Waals surface area contributed by atoms with E-state index in [0.29, 0.717) is 18.0 Å². The van der Waals surface area contributed by atoms with Crippen LogP contribution in [0.15, 0.2) is 22.7 Å². The molecule has 3 heteroatoms. The Kier molecular flexibility index (Phi) is 5.03.